The minimum atomic E-state index is -0.425. The molecular formula is C17H16Cl2N2O3. The molecule has 0 atom stereocenters. The molecule has 2 aromatic rings. The lowest BCUT2D eigenvalue weighted by atomic mass is 10.1. The summed E-state index contributed by atoms with van der Waals surface area (Å²) in [6.07, 6.45) is 1.53. The molecule has 2 rings (SSSR count). The second-order valence-electron chi connectivity index (χ2n) is 4.89. The van der Waals surface area contributed by atoms with Gasteiger partial charge < -0.3 is 9.47 Å². The van der Waals surface area contributed by atoms with Crippen LogP contribution in [0.3, 0.4) is 0 Å². The highest BCUT2D eigenvalue weighted by Crippen LogP contribution is 2.29. The third kappa shape index (κ3) is 4.19. The Morgan fingerprint density at radius 1 is 1.12 bits per heavy atom. The molecule has 0 spiro atoms. The van der Waals surface area contributed by atoms with E-state index in [1.54, 1.807) is 26.4 Å². The predicted octanol–water partition coefficient (Wildman–Crippen LogP) is 4.08. The van der Waals surface area contributed by atoms with Gasteiger partial charge in [0.05, 0.1) is 31.0 Å². The average Bonchev–Trinajstić information content (AvgIpc) is 2.55. The Balaban J connectivity index is 2.15. The summed E-state index contributed by atoms with van der Waals surface area (Å²) < 4.78 is 10.5. The van der Waals surface area contributed by atoms with Gasteiger partial charge >= 0.3 is 0 Å². The molecule has 0 aliphatic carbocycles. The van der Waals surface area contributed by atoms with Gasteiger partial charge in [-0.25, -0.2) is 5.43 Å². The Kier molecular flexibility index (Phi) is 6.06. The zero-order valence-electron chi connectivity index (χ0n) is 13.4. The summed E-state index contributed by atoms with van der Waals surface area (Å²) in [5.41, 5.74) is 4.44. The van der Waals surface area contributed by atoms with Crippen LogP contribution in [0.2, 0.25) is 10.0 Å². The first kappa shape index (κ1) is 18.1. The van der Waals surface area contributed by atoms with Gasteiger partial charge in [-0.15, -0.1) is 0 Å². The van der Waals surface area contributed by atoms with Crippen LogP contribution in [0.4, 0.5) is 0 Å². The maximum absolute atomic E-state index is 12.1. The number of benzene rings is 2. The Labute approximate surface area is 150 Å². The average molecular weight is 367 g/mol. The minimum Gasteiger partial charge on any atom is -0.493 e. The number of rotatable bonds is 5. The molecule has 2 aromatic carbocycles. The smallest absolute Gasteiger partial charge is 0.272 e. The molecule has 0 aromatic heterocycles. The molecular weight excluding hydrogens is 351 g/mol. The van der Waals surface area contributed by atoms with Crippen molar-refractivity contribution in [3.63, 3.8) is 0 Å². The lowest BCUT2D eigenvalue weighted by molar-refractivity contribution is 0.0955. The number of ether oxygens (including phenoxy) is 2. The first-order valence-electron chi connectivity index (χ1n) is 6.97. The van der Waals surface area contributed by atoms with E-state index >= 15 is 0 Å². The molecule has 5 nitrogen and oxygen atoms in total. The van der Waals surface area contributed by atoms with Crippen molar-refractivity contribution in [3.05, 3.63) is 57.1 Å². The van der Waals surface area contributed by atoms with Gasteiger partial charge in [-0.1, -0.05) is 23.2 Å². The van der Waals surface area contributed by atoms with E-state index in [0.717, 1.165) is 11.1 Å². The second-order valence-corrected chi connectivity index (χ2v) is 5.73. The summed E-state index contributed by atoms with van der Waals surface area (Å²) in [5.74, 6) is 0.784. The fourth-order valence-electron chi connectivity index (χ4n) is 2.03. The van der Waals surface area contributed by atoms with Crippen molar-refractivity contribution >= 4 is 35.3 Å². The van der Waals surface area contributed by atoms with Crippen molar-refractivity contribution in [2.24, 2.45) is 5.10 Å². The number of nitrogens with zero attached hydrogens (tertiary/aromatic N) is 1. The van der Waals surface area contributed by atoms with Crippen molar-refractivity contribution in [3.8, 4) is 11.5 Å². The van der Waals surface area contributed by atoms with Gasteiger partial charge in [0, 0.05) is 10.6 Å². The minimum absolute atomic E-state index is 0.262. The van der Waals surface area contributed by atoms with Crippen LogP contribution < -0.4 is 14.9 Å². The van der Waals surface area contributed by atoms with Gasteiger partial charge in [-0.2, -0.15) is 5.10 Å². The number of halogens is 2. The number of carbonyl (C=O) groups excluding carboxylic acids is 1. The van der Waals surface area contributed by atoms with Gasteiger partial charge in [0.1, 0.15) is 0 Å². The molecule has 0 aliphatic heterocycles. The van der Waals surface area contributed by atoms with Crippen molar-refractivity contribution in [1.29, 1.82) is 0 Å². The third-order valence-electron chi connectivity index (χ3n) is 3.32. The summed E-state index contributed by atoms with van der Waals surface area (Å²) in [7, 11) is 3.12. The van der Waals surface area contributed by atoms with Crippen LogP contribution in [0.15, 0.2) is 35.4 Å². The topological polar surface area (TPSA) is 59.9 Å². The van der Waals surface area contributed by atoms with Gasteiger partial charge in [0.2, 0.25) is 0 Å². The maximum atomic E-state index is 12.1. The molecule has 126 valence electrons. The van der Waals surface area contributed by atoms with Crippen LogP contribution in [-0.2, 0) is 0 Å². The zero-order valence-corrected chi connectivity index (χ0v) is 14.9. The van der Waals surface area contributed by atoms with Crippen LogP contribution in [0.25, 0.3) is 0 Å². The number of nitrogens with one attached hydrogen (secondary N) is 1. The van der Waals surface area contributed by atoms with Crippen molar-refractivity contribution in [2.75, 3.05) is 14.2 Å². The fraction of sp³-hybridized carbons (Fsp3) is 0.176. The predicted molar refractivity (Wildman–Crippen MR) is 95.8 cm³/mol. The highest BCUT2D eigenvalue weighted by Gasteiger charge is 2.10. The zero-order chi connectivity index (χ0) is 17.7. The van der Waals surface area contributed by atoms with E-state index in [-0.39, 0.29) is 5.02 Å². The molecule has 0 unspecified atom stereocenters. The molecule has 0 radical (unpaired) electrons. The molecule has 0 saturated heterocycles. The van der Waals surface area contributed by atoms with E-state index < -0.39 is 5.91 Å². The number of hydrazone groups is 1. The van der Waals surface area contributed by atoms with E-state index in [9.17, 15) is 4.79 Å². The first-order valence-corrected chi connectivity index (χ1v) is 7.73. The molecule has 1 amide bonds. The molecule has 7 heteroatoms. The lowest BCUT2D eigenvalue weighted by Crippen LogP contribution is -2.18. The second kappa shape index (κ2) is 8.04. The van der Waals surface area contributed by atoms with E-state index in [1.165, 1.54) is 18.3 Å². The summed E-state index contributed by atoms with van der Waals surface area (Å²) in [6, 6.07) is 8.24. The number of methoxy groups -OCH3 is 2. The van der Waals surface area contributed by atoms with Gasteiger partial charge in [-0.3, -0.25) is 4.79 Å². The first-order chi connectivity index (χ1) is 11.5. The SMILES string of the molecule is COc1cc(C)c(C=NNC(=O)c2ccc(Cl)cc2Cl)cc1OC. The largest absolute Gasteiger partial charge is 0.493 e. The molecule has 0 bridgehead atoms. The Hall–Kier alpha value is -2.24. The standard InChI is InChI=1S/C17H16Cl2N2O3/c1-10-6-15(23-2)16(24-3)7-11(10)9-20-21-17(22)13-5-4-12(18)8-14(13)19/h4-9H,1-3H3,(H,21,22). The highest BCUT2D eigenvalue weighted by molar-refractivity contribution is 6.36. The van der Waals surface area contributed by atoms with Crippen molar-refractivity contribution in [2.45, 2.75) is 6.92 Å². The number of carbonyl (C=O) groups is 1. The molecule has 0 heterocycles. The molecule has 0 saturated carbocycles. The van der Waals surface area contributed by atoms with E-state index in [0.29, 0.717) is 22.1 Å². The monoisotopic (exact) mass is 366 g/mol. The number of amides is 1. The summed E-state index contributed by atoms with van der Waals surface area (Å²) >= 11 is 11.8. The van der Waals surface area contributed by atoms with E-state index in [1.807, 2.05) is 13.0 Å². The van der Waals surface area contributed by atoms with Crippen LogP contribution >= 0.6 is 23.2 Å². The Bertz CT molecular complexity index is 792. The van der Waals surface area contributed by atoms with Crippen molar-refractivity contribution < 1.29 is 14.3 Å². The number of aryl methyl sites for hydroxylation is 1. The molecule has 1 N–H and O–H groups in total. The summed E-state index contributed by atoms with van der Waals surface area (Å²) in [5, 5.41) is 4.68. The van der Waals surface area contributed by atoms with Crippen molar-refractivity contribution in [1.82, 2.24) is 5.43 Å². The fourth-order valence-corrected chi connectivity index (χ4v) is 2.52. The Morgan fingerprint density at radius 2 is 1.79 bits per heavy atom. The molecule has 0 aliphatic rings. The van der Waals surface area contributed by atoms with Crippen LogP contribution in [0.1, 0.15) is 21.5 Å². The normalized spacial score (nSPS) is 10.7. The Morgan fingerprint density at radius 3 is 2.42 bits per heavy atom. The summed E-state index contributed by atoms with van der Waals surface area (Å²) in [4.78, 5) is 12.1. The third-order valence-corrected chi connectivity index (χ3v) is 3.87. The van der Waals surface area contributed by atoms with Gasteiger partial charge in [0.15, 0.2) is 11.5 Å². The van der Waals surface area contributed by atoms with Crippen LogP contribution in [0.5, 0.6) is 11.5 Å². The van der Waals surface area contributed by atoms with Crippen LogP contribution in [-0.4, -0.2) is 26.3 Å². The van der Waals surface area contributed by atoms with Gasteiger partial charge in [-0.05, 0) is 42.8 Å². The van der Waals surface area contributed by atoms with Crippen LogP contribution in [0, 0.1) is 6.92 Å². The maximum Gasteiger partial charge on any atom is 0.272 e. The van der Waals surface area contributed by atoms with E-state index in [4.69, 9.17) is 32.7 Å². The molecule has 24 heavy (non-hydrogen) atoms. The number of hydrogen-bond acceptors (Lipinski definition) is 4. The number of hydrogen-bond donors (Lipinski definition) is 1. The van der Waals surface area contributed by atoms with E-state index in [2.05, 4.69) is 10.5 Å². The lowest BCUT2D eigenvalue weighted by Gasteiger charge is -2.10. The quantitative estimate of drug-likeness (QED) is 0.640. The highest BCUT2D eigenvalue weighted by atomic mass is 35.5. The molecule has 0 fully saturated rings. The van der Waals surface area contributed by atoms with Gasteiger partial charge in [0.25, 0.3) is 5.91 Å². The summed E-state index contributed by atoms with van der Waals surface area (Å²) in [6.45, 7) is 1.90.